The summed E-state index contributed by atoms with van der Waals surface area (Å²) in [6, 6.07) is 23.5. The molecule has 0 bridgehead atoms. The highest BCUT2D eigenvalue weighted by Crippen LogP contribution is 2.24. The van der Waals surface area contributed by atoms with Crippen molar-refractivity contribution >= 4 is 28.9 Å². The van der Waals surface area contributed by atoms with Crippen LogP contribution in [-0.2, 0) is 11.2 Å². The number of aromatic nitrogens is 3. The predicted molar refractivity (Wildman–Crippen MR) is 140 cm³/mol. The van der Waals surface area contributed by atoms with Gasteiger partial charge in [-0.25, -0.2) is 9.97 Å². The summed E-state index contributed by atoms with van der Waals surface area (Å²) in [6.45, 7) is 2.26. The van der Waals surface area contributed by atoms with Gasteiger partial charge in [-0.05, 0) is 73.9 Å². The average molecular weight is 465 g/mol. The van der Waals surface area contributed by atoms with Crippen LogP contribution in [0.3, 0.4) is 0 Å². The van der Waals surface area contributed by atoms with E-state index in [-0.39, 0.29) is 12.3 Å². The molecule has 35 heavy (non-hydrogen) atoms. The molecule has 7 heteroatoms. The van der Waals surface area contributed by atoms with E-state index in [2.05, 4.69) is 54.8 Å². The van der Waals surface area contributed by atoms with Crippen LogP contribution in [0.4, 0.5) is 23.0 Å². The molecule has 3 heterocycles. The van der Waals surface area contributed by atoms with Crippen molar-refractivity contribution < 1.29 is 4.79 Å². The molecule has 7 nitrogen and oxygen atoms in total. The van der Waals surface area contributed by atoms with Crippen molar-refractivity contribution in [1.29, 1.82) is 0 Å². The van der Waals surface area contributed by atoms with E-state index in [1.54, 1.807) is 12.4 Å². The molecule has 0 spiro atoms. The lowest BCUT2D eigenvalue weighted by Crippen LogP contribution is -2.29. The molecule has 2 aromatic carbocycles. The fourth-order valence-corrected chi connectivity index (χ4v) is 4.21. The Balaban J connectivity index is 1.21. The summed E-state index contributed by atoms with van der Waals surface area (Å²) in [5.74, 6) is 0.442. The summed E-state index contributed by atoms with van der Waals surface area (Å²) < 4.78 is 0. The number of carbonyl (C=O) groups excluding carboxylic acids is 1. The highest BCUT2D eigenvalue weighted by Gasteiger charge is 2.11. The topological polar surface area (TPSA) is 83.0 Å². The van der Waals surface area contributed by atoms with E-state index in [1.807, 2.05) is 48.5 Å². The number of hydrogen-bond donors (Lipinski definition) is 2. The molecule has 0 saturated carbocycles. The Morgan fingerprint density at radius 3 is 2.31 bits per heavy atom. The number of anilines is 4. The molecule has 0 aliphatic carbocycles. The lowest BCUT2D eigenvalue weighted by atomic mass is 10.1. The maximum absolute atomic E-state index is 12.3. The molecule has 2 N–H and O–H groups in total. The van der Waals surface area contributed by atoms with Crippen molar-refractivity contribution in [2.24, 2.45) is 0 Å². The quantitative estimate of drug-likeness (QED) is 0.378. The van der Waals surface area contributed by atoms with E-state index >= 15 is 0 Å². The number of nitrogens with one attached hydrogen (secondary N) is 2. The number of carbonyl (C=O) groups is 1. The fourth-order valence-electron chi connectivity index (χ4n) is 4.21. The van der Waals surface area contributed by atoms with Crippen LogP contribution >= 0.6 is 0 Å². The monoisotopic (exact) mass is 464 g/mol. The molecular weight excluding hydrogens is 436 g/mol. The minimum atomic E-state index is -0.101. The van der Waals surface area contributed by atoms with Gasteiger partial charge < -0.3 is 15.5 Å². The number of amides is 1. The molecule has 1 saturated heterocycles. The van der Waals surface area contributed by atoms with Gasteiger partial charge in [-0.15, -0.1) is 0 Å². The summed E-state index contributed by atoms with van der Waals surface area (Å²) in [5.41, 5.74) is 5.43. The number of benzene rings is 2. The van der Waals surface area contributed by atoms with Crippen LogP contribution in [0.25, 0.3) is 11.3 Å². The molecule has 1 aliphatic rings. The zero-order chi connectivity index (χ0) is 23.9. The highest BCUT2D eigenvalue weighted by atomic mass is 16.1. The molecule has 176 valence electrons. The Morgan fingerprint density at radius 2 is 1.57 bits per heavy atom. The maximum atomic E-state index is 12.3. The van der Waals surface area contributed by atoms with Gasteiger partial charge in [0.15, 0.2) is 0 Å². The van der Waals surface area contributed by atoms with Gasteiger partial charge in [0, 0.05) is 53.8 Å². The molecule has 2 aromatic heterocycles. The zero-order valence-corrected chi connectivity index (χ0v) is 19.5. The van der Waals surface area contributed by atoms with Crippen LogP contribution in [0.15, 0.2) is 85.2 Å². The molecule has 0 unspecified atom stereocenters. The van der Waals surface area contributed by atoms with Crippen LogP contribution in [0, 0.1) is 0 Å². The SMILES string of the molecule is O=C(Cc1ccccn1)Nc1ccc(-c2ccnc(Nc3ccc(N4CCCCC4)cc3)n2)cc1. The zero-order valence-electron chi connectivity index (χ0n) is 19.5. The Hall–Kier alpha value is -4.26. The van der Waals surface area contributed by atoms with Crippen LogP contribution < -0.4 is 15.5 Å². The second kappa shape index (κ2) is 10.8. The van der Waals surface area contributed by atoms with Gasteiger partial charge in [-0.1, -0.05) is 18.2 Å². The van der Waals surface area contributed by atoms with E-state index in [0.29, 0.717) is 5.95 Å². The van der Waals surface area contributed by atoms with E-state index < -0.39 is 0 Å². The summed E-state index contributed by atoms with van der Waals surface area (Å²) in [4.78, 5) is 28.0. The standard InChI is InChI=1S/C28H28N6O/c35-27(20-24-6-2-3-16-29-24)31-22-9-7-21(8-10-22)26-15-17-30-28(33-26)32-23-11-13-25(14-12-23)34-18-4-1-5-19-34/h2-3,6-17H,1,4-5,18-20H2,(H,31,35)(H,30,32,33). The molecule has 1 amide bonds. The van der Waals surface area contributed by atoms with Crippen LogP contribution in [-0.4, -0.2) is 33.9 Å². The average Bonchev–Trinajstić information content (AvgIpc) is 2.91. The van der Waals surface area contributed by atoms with E-state index in [9.17, 15) is 4.79 Å². The summed E-state index contributed by atoms with van der Waals surface area (Å²) in [7, 11) is 0. The number of rotatable bonds is 7. The second-order valence-corrected chi connectivity index (χ2v) is 8.61. The van der Waals surface area contributed by atoms with Crippen molar-refractivity contribution in [3.05, 3.63) is 90.9 Å². The molecule has 1 fully saturated rings. The first-order chi connectivity index (χ1) is 17.2. The van der Waals surface area contributed by atoms with Crippen molar-refractivity contribution in [1.82, 2.24) is 15.0 Å². The first-order valence-electron chi connectivity index (χ1n) is 12.0. The van der Waals surface area contributed by atoms with Gasteiger partial charge in [0.05, 0.1) is 12.1 Å². The van der Waals surface area contributed by atoms with Crippen LogP contribution in [0.5, 0.6) is 0 Å². The first kappa shape index (κ1) is 22.5. The summed E-state index contributed by atoms with van der Waals surface area (Å²) >= 11 is 0. The van der Waals surface area contributed by atoms with Crippen molar-refractivity contribution in [2.45, 2.75) is 25.7 Å². The van der Waals surface area contributed by atoms with Gasteiger partial charge in [0.25, 0.3) is 0 Å². The molecule has 0 atom stereocenters. The van der Waals surface area contributed by atoms with Crippen molar-refractivity contribution in [3.63, 3.8) is 0 Å². The molecule has 0 radical (unpaired) electrons. The van der Waals surface area contributed by atoms with Crippen LogP contribution in [0.2, 0.25) is 0 Å². The van der Waals surface area contributed by atoms with E-state index in [0.717, 1.165) is 41.4 Å². The van der Waals surface area contributed by atoms with Gasteiger partial charge in [-0.2, -0.15) is 0 Å². The molecule has 4 aromatic rings. The van der Waals surface area contributed by atoms with Gasteiger partial charge in [0.2, 0.25) is 11.9 Å². The normalized spacial score (nSPS) is 13.3. The first-order valence-corrected chi connectivity index (χ1v) is 12.0. The van der Waals surface area contributed by atoms with Crippen LogP contribution in [0.1, 0.15) is 25.0 Å². The smallest absolute Gasteiger partial charge is 0.230 e. The second-order valence-electron chi connectivity index (χ2n) is 8.61. The molecular formula is C28H28N6O. The third kappa shape index (κ3) is 6.00. The molecule has 5 rings (SSSR count). The Morgan fingerprint density at radius 1 is 0.800 bits per heavy atom. The predicted octanol–water partition coefficient (Wildman–Crippen LogP) is 5.45. The number of nitrogens with zero attached hydrogens (tertiary/aromatic N) is 4. The van der Waals surface area contributed by atoms with E-state index in [4.69, 9.17) is 0 Å². The number of piperidine rings is 1. The third-order valence-electron chi connectivity index (χ3n) is 6.03. The number of hydrogen-bond acceptors (Lipinski definition) is 6. The van der Waals surface area contributed by atoms with Gasteiger partial charge >= 0.3 is 0 Å². The van der Waals surface area contributed by atoms with Gasteiger partial charge in [0.1, 0.15) is 0 Å². The Bertz CT molecular complexity index is 1250. The minimum Gasteiger partial charge on any atom is -0.372 e. The van der Waals surface area contributed by atoms with Crippen molar-refractivity contribution in [2.75, 3.05) is 28.6 Å². The number of pyridine rings is 1. The lowest BCUT2D eigenvalue weighted by molar-refractivity contribution is -0.115. The summed E-state index contributed by atoms with van der Waals surface area (Å²) in [5, 5.41) is 6.21. The molecule has 1 aliphatic heterocycles. The Kier molecular flexibility index (Phi) is 6.94. The minimum absolute atomic E-state index is 0.101. The third-order valence-corrected chi connectivity index (χ3v) is 6.03. The highest BCUT2D eigenvalue weighted by molar-refractivity contribution is 5.92. The fraction of sp³-hybridized carbons (Fsp3) is 0.214. The van der Waals surface area contributed by atoms with E-state index in [1.165, 1.54) is 24.9 Å². The largest absolute Gasteiger partial charge is 0.372 e. The Labute approximate surface area is 205 Å². The maximum Gasteiger partial charge on any atom is 0.230 e. The lowest BCUT2D eigenvalue weighted by Gasteiger charge is -2.28. The summed E-state index contributed by atoms with van der Waals surface area (Å²) in [6.07, 6.45) is 7.52. The van der Waals surface area contributed by atoms with Crippen molar-refractivity contribution in [3.8, 4) is 11.3 Å². The van der Waals surface area contributed by atoms with Gasteiger partial charge in [-0.3, -0.25) is 9.78 Å².